The Bertz CT molecular complexity index is 653. The molecule has 4 aliphatic rings. The molecule has 0 bridgehead atoms. The van der Waals surface area contributed by atoms with Gasteiger partial charge in [-0.1, -0.05) is 32.1 Å². The van der Waals surface area contributed by atoms with E-state index < -0.39 is 0 Å². The molecule has 4 rings (SSSR count). The van der Waals surface area contributed by atoms with Crippen LogP contribution in [0, 0.1) is 28.6 Å². The lowest BCUT2D eigenvalue weighted by molar-refractivity contribution is -0.131. The van der Waals surface area contributed by atoms with Crippen molar-refractivity contribution in [2.24, 2.45) is 28.6 Å². The topological polar surface area (TPSA) is 34.1 Å². The van der Waals surface area contributed by atoms with Crippen molar-refractivity contribution in [1.82, 2.24) is 0 Å². The van der Waals surface area contributed by atoms with Crippen molar-refractivity contribution >= 4 is 11.6 Å². The third-order valence-corrected chi connectivity index (χ3v) is 7.24. The van der Waals surface area contributed by atoms with E-state index in [-0.39, 0.29) is 16.6 Å². The van der Waals surface area contributed by atoms with E-state index in [1.165, 1.54) is 0 Å². The summed E-state index contributed by atoms with van der Waals surface area (Å²) in [5.74, 6) is 2.14. The summed E-state index contributed by atoms with van der Waals surface area (Å²) in [7, 11) is 0. The Kier molecular flexibility index (Phi) is 2.77. The molecule has 0 aliphatic heterocycles. The van der Waals surface area contributed by atoms with E-state index in [0.29, 0.717) is 23.5 Å². The third-order valence-electron chi connectivity index (χ3n) is 7.24. The van der Waals surface area contributed by atoms with Crippen LogP contribution in [0.5, 0.6) is 0 Å². The average Bonchev–Trinajstić information content (AvgIpc) is 2.77. The zero-order valence-corrected chi connectivity index (χ0v) is 13.5. The van der Waals surface area contributed by atoms with Crippen molar-refractivity contribution in [1.29, 1.82) is 0 Å². The largest absolute Gasteiger partial charge is 0.299 e. The van der Waals surface area contributed by atoms with Gasteiger partial charge in [-0.15, -0.1) is 0 Å². The molecule has 0 saturated heterocycles. The van der Waals surface area contributed by atoms with Crippen LogP contribution in [-0.4, -0.2) is 11.6 Å². The van der Waals surface area contributed by atoms with Crippen LogP contribution in [-0.2, 0) is 9.59 Å². The van der Waals surface area contributed by atoms with Crippen LogP contribution >= 0.6 is 0 Å². The summed E-state index contributed by atoms with van der Waals surface area (Å²) in [5, 5.41) is 0. The molecule has 0 aromatic carbocycles. The van der Waals surface area contributed by atoms with E-state index >= 15 is 0 Å². The molecule has 3 saturated carbocycles. The van der Waals surface area contributed by atoms with Crippen molar-refractivity contribution in [3.8, 4) is 0 Å². The van der Waals surface area contributed by atoms with Crippen molar-refractivity contribution in [2.75, 3.05) is 0 Å². The molecule has 0 spiro atoms. The van der Waals surface area contributed by atoms with Gasteiger partial charge in [-0.05, 0) is 61.2 Å². The second kappa shape index (κ2) is 4.31. The van der Waals surface area contributed by atoms with Crippen LogP contribution in [0.1, 0.15) is 46.0 Å². The highest BCUT2D eigenvalue weighted by Crippen LogP contribution is 2.64. The fraction of sp³-hybridized carbons (Fsp3) is 0.600. The number of rotatable bonds is 0. The average molecular weight is 296 g/mol. The van der Waals surface area contributed by atoms with Crippen molar-refractivity contribution in [3.05, 3.63) is 36.0 Å². The van der Waals surface area contributed by atoms with E-state index in [2.05, 4.69) is 26.5 Å². The summed E-state index contributed by atoms with van der Waals surface area (Å²) in [4.78, 5) is 24.2. The number of fused-ring (bicyclic) bond motifs is 5. The van der Waals surface area contributed by atoms with Crippen LogP contribution < -0.4 is 0 Å². The molecule has 0 heterocycles. The molecule has 116 valence electrons. The van der Waals surface area contributed by atoms with E-state index in [9.17, 15) is 9.59 Å². The highest BCUT2D eigenvalue weighted by molar-refractivity contribution is 6.02. The number of carbonyl (C=O) groups is 2. The Morgan fingerprint density at radius 2 is 1.95 bits per heavy atom. The van der Waals surface area contributed by atoms with Crippen LogP contribution in [0.4, 0.5) is 0 Å². The highest BCUT2D eigenvalue weighted by atomic mass is 16.1. The fourth-order valence-electron chi connectivity index (χ4n) is 5.98. The Morgan fingerprint density at radius 3 is 2.73 bits per heavy atom. The third kappa shape index (κ3) is 1.61. The summed E-state index contributed by atoms with van der Waals surface area (Å²) in [6.07, 6.45) is 10.5. The molecular formula is C20H24O2. The van der Waals surface area contributed by atoms with Crippen molar-refractivity contribution in [2.45, 2.75) is 46.0 Å². The number of hydrogen-bond acceptors (Lipinski definition) is 2. The van der Waals surface area contributed by atoms with Crippen molar-refractivity contribution < 1.29 is 9.59 Å². The molecule has 2 heteroatoms. The Hall–Kier alpha value is -1.44. The highest BCUT2D eigenvalue weighted by Gasteiger charge is 2.59. The van der Waals surface area contributed by atoms with Crippen LogP contribution in [0.2, 0.25) is 0 Å². The molecule has 0 radical (unpaired) electrons. The fourth-order valence-corrected chi connectivity index (χ4v) is 5.98. The molecule has 0 amide bonds. The monoisotopic (exact) mass is 296 g/mol. The first kappa shape index (κ1) is 14.2. The predicted molar refractivity (Wildman–Crippen MR) is 86.1 cm³/mol. The summed E-state index contributed by atoms with van der Waals surface area (Å²) >= 11 is 0. The maximum absolute atomic E-state index is 12.4. The maximum atomic E-state index is 12.4. The number of hydrogen-bond donors (Lipinski definition) is 0. The molecule has 0 N–H and O–H groups in total. The van der Waals surface area contributed by atoms with Gasteiger partial charge in [0.1, 0.15) is 5.78 Å². The van der Waals surface area contributed by atoms with Gasteiger partial charge >= 0.3 is 0 Å². The van der Waals surface area contributed by atoms with Gasteiger partial charge in [-0.3, -0.25) is 9.59 Å². The van der Waals surface area contributed by atoms with Crippen LogP contribution in [0.15, 0.2) is 36.0 Å². The van der Waals surface area contributed by atoms with Gasteiger partial charge < -0.3 is 0 Å². The zero-order valence-electron chi connectivity index (χ0n) is 13.5. The van der Waals surface area contributed by atoms with E-state index in [4.69, 9.17) is 0 Å². The maximum Gasteiger partial charge on any atom is 0.178 e. The van der Waals surface area contributed by atoms with Gasteiger partial charge in [-0.25, -0.2) is 0 Å². The minimum Gasteiger partial charge on any atom is -0.299 e. The second-order valence-electron chi connectivity index (χ2n) is 8.18. The first-order valence-electron chi connectivity index (χ1n) is 8.53. The first-order valence-corrected chi connectivity index (χ1v) is 8.53. The van der Waals surface area contributed by atoms with Gasteiger partial charge in [0.2, 0.25) is 0 Å². The van der Waals surface area contributed by atoms with Gasteiger partial charge in [0, 0.05) is 17.3 Å². The molecule has 3 fully saturated rings. The van der Waals surface area contributed by atoms with Gasteiger partial charge in [0.25, 0.3) is 0 Å². The summed E-state index contributed by atoms with van der Waals surface area (Å²) in [6.45, 7) is 8.75. The van der Waals surface area contributed by atoms with Gasteiger partial charge in [-0.2, -0.15) is 0 Å². The quantitative estimate of drug-likeness (QED) is 0.676. The van der Waals surface area contributed by atoms with Crippen LogP contribution in [0.3, 0.4) is 0 Å². The number of ketones is 2. The first-order chi connectivity index (χ1) is 10.4. The normalized spacial score (nSPS) is 46.9. The minimum absolute atomic E-state index is 0.0686. The summed E-state index contributed by atoms with van der Waals surface area (Å²) < 4.78 is 0. The summed E-state index contributed by atoms with van der Waals surface area (Å²) in [5.41, 5.74) is 2.09. The smallest absolute Gasteiger partial charge is 0.178 e. The summed E-state index contributed by atoms with van der Waals surface area (Å²) in [6, 6.07) is 0. The molecule has 22 heavy (non-hydrogen) atoms. The molecule has 2 nitrogen and oxygen atoms in total. The van der Waals surface area contributed by atoms with E-state index in [1.54, 1.807) is 12.2 Å². The lowest BCUT2D eigenvalue weighted by atomic mass is 9.48. The minimum atomic E-state index is -0.104. The molecular weight excluding hydrogens is 272 g/mol. The van der Waals surface area contributed by atoms with E-state index in [1.807, 2.05) is 0 Å². The molecule has 5 atom stereocenters. The van der Waals surface area contributed by atoms with Gasteiger partial charge in [0.15, 0.2) is 5.78 Å². The Morgan fingerprint density at radius 1 is 1.18 bits per heavy atom. The lowest BCUT2D eigenvalue weighted by Gasteiger charge is -2.56. The molecule has 0 aromatic rings. The number of Topliss-reactive ketones (excluding diaryl/α,β-unsaturated/α-hetero) is 1. The van der Waals surface area contributed by atoms with E-state index in [0.717, 1.165) is 43.3 Å². The lowest BCUT2D eigenvalue weighted by Crippen LogP contribution is -2.50. The number of carbonyl (C=O) groups excluding carboxylic acids is 2. The molecule has 3 unspecified atom stereocenters. The molecule has 0 aromatic heterocycles. The predicted octanol–water partition coefficient (Wildman–Crippen LogP) is 4.03. The van der Waals surface area contributed by atoms with Crippen LogP contribution in [0.25, 0.3) is 0 Å². The molecule has 4 aliphatic carbocycles. The Labute approximate surface area is 132 Å². The number of allylic oxidation sites excluding steroid dienone is 5. The Balaban J connectivity index is 1.78. The van der Waals surface area contributed by atoms with Crippen molar-refractivity contribution in [3.63, 3.8) is 0 Å². The zero-order chi connectivity index (χ0) is 15.7. The standard InChI is InChI=1S/C20H24O2/c1-12-10-14-15-4-5-18(22)20(15,3)9-7-16(14)19(2)8-6-13(21)11-17(12)19/h6,8,11,14-16H,1,4-5,7,9-10H2,2-3H3/t14?,15?,16?,19-,20+/m1/s1. The SMILES string of the molecule is C=C1CC2C(CC[C@]3(C)C(=O)CCC23)[C@@]2(C)C=CC(=O)C=C12. The second-order valence-corrected chi connectivity index (χ2v) is 8.18. The van der Waals surface area contributed by atoms with Gasteiger partial charge in [0.05, 0.1) is 0 Å².